The number of hydrogen-bond acceptors (Lipinski definition) is 2. The predicted octanol–water partition coefficient (Wildman–Crippen LogP) is 3.40. The van der Waals surface area contributed by atoms with E-state index in [9.17, 15) is 14.3 Å². The quantitative estimate of drug-likeness (QED) is 0.868. The SMILES string of the molecule is Cc1ccc(NC(=O)c2ccccc2F)c(C)c1O. The first-order valence-corrected chi connectivity index (χ1v) is 5.85. The Hall–Kier alpha value is -2.36. The topological polar surface area (TPSA) is 49.3 Å². The molecule has 0 unspecified atom stereocenters. The van der Waals surface area contributed by atoms with Crippen molar-refractivity contribution < 1.29 is 14.3 Å². The lowest BCUT2D eigenvalue weighted by Gasteiger charge is -2.11. The summed E-state index contributed by atoms with van der Waals surface area (Å²) in [5, 5.41) is 12.4. The third-order valence-corrected chi connectivity index (χ3v) is 3.00. The first-order chi connectivity index (χ1) is 9.00. The Balaban J connectivity index is 2.30. The van der Waals surface area contributed by atoms with Crippen LogP contribution in [0.5, 0.6) is 5.75 Å². The number of phenols is 1. The number of nitrogens with one attached hydrogen (secondary N) is 1. The molecule has 0 aliphatic rings. The number of carbonyl (C=O) groups excluding carboxylic acids is 1. The summed E-state index contributed by atoms with van der Waals surface area (Å²) in [6, 6.07) is 9.14. The molecule has 1 amide bonds. The van der Waals surface area contributed by atoms with E-state index in [1.54, 1.807) is 32.0 Å². The summed E-state index contributed by atoms with van der Waals surface area (Å²) in [7, 11) is 0. The van der Waals surface area contributed by atoms with Gasteiger partial charge in [0.25, 0.3) is 5.91 Å². The maximum absolute atomic E-state index is 13.5. The van der Waals surface area contributed by atoms with Crippen LogP contribution >= 0.6 is 0 Å². The van der Waals surface area contributed by atoms with Gasteiger partial charge in [0.05, 0.1) is 5.56 Å². The van der Waals surface area contributed by atoms with Crippen molar-refractivity contribution in [2.45, 2.75) is 13.8 Å². The molecular weight excluding hydrogens is 245 g/mol. The van der Waals surface area contributed by atoms with E-state index in [1.807, 2.05) is 0 Å². The normalized spacial score (nSPS) is 10.3. The van der Waals surface area contributed by atoms with Gasteiger partial charge < -0.3 is 10.4 Å². The molecule has 0 atom stereocenters. The highest BCUT2D eigenvalue weighted by Gasteiger charge is 2.13. The van der Waals surface area contributed by atoms with E-state index in [0.29, 0.717) is 11.3 Å². The molecule has 2 N–H and O–H groups in total. The number of phenolic OH excluding ortho intramolecular Hbond substituents is 1. The van der Waals surface area contributed by atoms with Gasteiger partial charge in [-0.1, -0.05) is 18.2 Å². The van der Waals surface area contributed by atoms with E-state index >= 15 is 0 Å². The molecule has 3 nitrogen and oxygen atoms in total. The molecule has 2 rings (SSSR count). The minimum atomic E-state index is -0.575. The standard InChI is InChI=1S/C15H14FNO2/c1-9-7-8-13(10(2)14(9)18)17-15(19)11-5-3-4-6-12(11)16/h3-8,18H,1-2H3,(H,17,19). The molecule has 0 saturated carbocycles. The van der Waals surface area contributed by atoms with Gasteiger partial charge in [-0.05, 0) is 37.6 Å². The van der Waals surface area contributed by atoms with Gasteiger partial charge in [-0.2, -0.15) is 0 Å². The van der Waals surface area contributed by atoms with Gasteiger partial charge in [0.15, 0.2) is 0 Å². The fourth-order valence-corrected chi connectivity index (χ4v) is 1.81. The van der Waals surface area contributed by atoms with Crippen LogP contribution in [0.4, 0.5) is 10.1 Å². The largest absolute Gasteiger partial charge is 0.507 e. The molecule has 0 saturated heterocycles. The number of carbonyl (C=O) groups is 1. The molecule has 98 valence electrons. The maximum Gasteiger partial charge on any atom is 0.258 e. The van der Waals surface area contributed by atoms with E-state index in [4.69, 9.17) is 0 Å². The molecule has 2 aromatic rings. The van der Waals surface area contributed by atoms with Gasteiger partial charge in [0.2, 0.25) is 0 Å². The molecule has 0 aliphatic carbocycles. The number of anilines is 1. The van der Waals surface area contributed by atoms with Crippen LogP contribution in [-0.2, 0) is 0 Å². The Bertz CT molecular complexity index is 638. The molecule has 19 heavy (non-hydrogen) atoms. The summed E-state index contributed by atoms with van der Waals surface area (Å²) in [5.74, 6) is -0.982. The van der Waals surface area contributed by atoms with Crippen molar-refractivity contribution in [3.63, 3.8) is 0 Å². The Morgan fingerprint density at radius 1 is 1.16 bits per heavy atom. The third-order valence-electron chi connectivity index (χ3n) is 3.00. The predicted molar refractivity (Wildman–Crippen MR) is 71.9 cm³/mol. The van der Waals surface area contributed by atoms with E-state index in [0.717, 1.165) is 5.56 Å². The van der Waals surface area contributed by atoms with E-state index < -0.39 is 11.7 Å². The first kappa shape index (κ1) is 13.1. The maximum atomic E-state index is 13.5. The highest BCUT2D eigenvalue weighted by Crippen LogP contribution is 2.28. The van der Waals surface area contributed by atoms with Gasteiger partial charge in [0.1, 0.15) is 11.6 Å². The van der Waals surface area contributed by atoms with Crippen LogP contribution < -0.4 is 5.32 Å². The Kier molecular flexibility index (Phi) is 3.51. The van der Waals surface area contributed by atoms with Gasteiger partial charge >= 0.3 is 0 Å². The van der Waals surface area contributed by atoms with Crippen molar-refractivity contribution in [3.8, 4) is 5.75 Å². The molecule has 0 spiro atoms. The van der Waals surface area contributed by atoms with Crippen molar-refractivity contribution in [1.82, 2.24) is 0 Å². The van der Waals surface area contributed by atoms with E-state index in [1.165, 1.54) is 18.2 Å². The average Bonchev–Trinajstić information content (AvgIpc) is 2.40. The van der Waals surface area contributed by atoms with Gasteiger partial charge in [-0.3, -0.25) is 4.79 Å². The van der Waals surface area contributed by atoms with Crippen LogP contribution in [0.25, 0.3) is 0 Å². The summed E-state index contributed by atoms with van der Waals surface area (Å²) in [4.78, 5) is 12.0. The molecule has 4 heteroatoms. The molecule has 0 aromatic heterocycles. The molecule has 0 radical (unpaired) electrons. The van der Waals surface area contributed by atoms with Crippen molar-refractivity contribution in [2.24, 2.45) is 0 Å². The number of benzene rings is 2. The molecule has 0 fully saturated rings. The molecular formula is C15H14FNO2. The van der Waals surface area contributed by atoms with Crippen LogP contribution in [0.2, 0.25) is 0 Å². The minimum Gasteiger partial charge on any atom is -0.507 e. The summed E-state index contributed by atoms with van der Waals surface area (Å²) < 4.78 is 13.5. The average molecular weight is 259 g/mol. The number of hydrogen-bond donors (Lipinski definition) is 2. The smallest absolute Gasteiger partial charge is 0.258 e. The third kappa shape index (κ3) is 2.57. The zero-order valence-corrected chi connectivity index (χ0v) is 10.7. The minimum absolute atomic E-state index is 0.0260. The fourth-order valence-electron chi connectivity index (χ4n) is 1.81. The lowest BCUT2D eigenvalue weighted by molar-refractivity contribution is 0.102. The van der Waals surface area contributed by atoms with Crippen molar-refractivity contribution in [2.75, 3.05) is 5.32 Å². The summed E-state index contributed by atoms with van der Waals surface area (Å²) in [6.45, 7) is 3.46. The van der Waals surface area contributed by atoms with Crippen LogP contribution in [0.1, 0.15) is 21.5 Å². The molecule has 2 aromatic carbocycles. The van der Waals surface area contributed by atoms with Gasteiger partial charge in [-0.25, -0.2) is 4.39 Å². The summed E-state index contributed by atoms with van der Waals surface area (Å²) in [6.07, 6.45) is 0. The number of rotatable bonds is 2. The van der Waals surface area contributed by atoms with Crippen LogP contribution in [0.3, 0.4) is 0 Å². The van der Waals surface area contributed by atoms with Crippen molar-refractivity contribution >= 4 is 11.6 Å². The number of halogens is 1. The first-order valence-electron chi connectivity index (χ1n) is 5.85. The summed E-state index contributed by atoms with van der Waals surface area (Å²) in [5.41, 5.74) is 1.73. The second-order valence-corrected chi connectivity index (χ2v) is 4.34. The zero-order valence-electron chi connectivity index (χ0n) is 10.7. The van der Waals surface area contributed by atoms with Gasteiger partial charge in [-0.15, -0.1) is 0 Å². The monoisotopic (exact) mass is 259 g/mol. The molecule has 0 bridgehead atoms. The number of aryl methyl sites for hydroxylation is 1. The molecule has 0 heterocycles. The van der Waals surface area contributed by atoms with Crippen molar-refractivity contribution in [3.05, 3.63) is 58.9 Å². The fraction of sp³-hybridized carbons (Fsp3) is 0.133. The van der Waals surface area contributed by atoms with Crippen LogP contribution in [-0.4, -0.2) is 11.0 Å². The Morgan fingerprint density at radius 3 is 2.53 bits per heavy atom. The van der Waals surface area contributed by atoms with Crippen molar-refractivity contribution in [1.29, 1.82) is 0 Å². The molecule has 0 aliphatic heterocycles. The van der Waals surface area contributed by atoms with E-state index in [2.05, 4.69) is 5.32 Å². The second-order valence-electron chi connectivity index (χ2n) is 4.34. The van der Waals surface area contributed by atoms with Gasteiger partial charge in [0, 0.05) is 11.3 Å². The highest BCUT2D eigenvalue weighted by atomic mass is 19.1. The van der Waals surface area contributed by atoms with Crippen LogP contribution in [0, 0.1) is 19.7 Å². The number of aromatic hydroxyl groups is 1. The lowest BCUT2D eigenvalue weighted by atomic mass is 10.1. The lowest BCUT2D eigenvalue weighted by Crippen LogP contribution is -2.14. The van der Waals surface area contributed by atoms with E-state index in [-0.39, 0.29) is 11.3 Å². The number of amides is 1. The zero-order chi connectivity index (χ0) is 14.0. The Morgan fingerprint density at radius 2 is 1.84 bits per heavy atom. The van der Waals surface area contributed by atoms with Crippen LogP contribution in [0.15, 0.2) is 36.4 Å². The second kappa shape index (κ2) is 5.10. The highest BCUT2D eigenvalue weighted by molar-refractivity contribution is 6.05. The summed E-state index contributed by atoms with van der Waals surface area (Å²) >= 11 is 0. The Labute approximate surface area is 110 Å².